The molecule has 0 unspecified atom stereocenters. The van der Waals surface area contributed by atoms with Gasteiger partial charge < -0.3 is 10.4 Å². The normalized spacial score (nSPS) is 19.8. The maximum atomic E-state index is 11.9. The lowest BCUT2D eigenvalue weighted by atomic mass is 10.0. The molecule has 0 spiro atoms. The largest absolute Gasteiger partial charge is 0.478 e. The third-order valence-corrected chi connectivity index (χ3v) is 4.18. The number of pyridine rings is 1. The first-order valence-corrected chi connectivity index (χ1v) is 6.58. The summed E-state index contributed by atoms with van der Waals surface area (Å²) in [6.45, 7) is 0.721. The minimum absolute atomic E-state index is 0.0909. The molecule has 0 atom stereocenters. The Kier molecular flexibility index (Phi) is 2.77. The van der Waals surface area contributed by atoms with Crippen molar-refractivity contribution in [3.8, 4) is 0 Å². The molecule has 0 radical (unpaired) electrons. The lowest BCUT2D eigenvalue weighted by Gasteiger charge is -2.14. The molecule has 3 rings (SSSR count). The summed E-state index contributed by atoms with van der Waals surface area (Å²) in [5, 5.41) is 11.7. The van der Waals surface area contributed by atoms with Gasteiger partial charge in [-0.2, -0.15) is 0 Å². The SMILES string of the molecule is O=C(O)c1ccc(C(=O)NCC2(C3CC3)CC2)nc1. The maximum Gasteiger partial charge on any atom is 0.337 e. The molecule has 5 heteroatoms. The second-order valence-corrected chi connectivity index (χ2v) is 5.56. The van der Waals surface area contributed by atoms with Crippen LogP contribution < -0.4 is 5.32 Å². The van der Waals surface area contributed by atoms with Gasteiger partial charge in [0.05, 0.1) is 5.56 Å². The maximum absolute atomic E-state index is 11.9. The molecule has 100 valence electrons. The van der Waals surface area contributed by atoms with Gasteiger partial charge in [0, 0.05) is 12.7 Å². The van der Waals surface area contributed by atoms with E-state index in [1.165, 1.54) is 44.0 Å². The molecule has 1 heterocycles. The number of carboxylic acid groups (broad SMARTS) is 1. The number of carbonyl (C=O) groups excluding carboxylic acids is 1. The van der Waals surface area contributed by atoms with Crippen LogP contribution in [-0.4, -0.2) is 28.5 Å². The van der Waals surface area contributed by atoms with Crippen molar-refractivity contribution >= 4 is 11.9 Å². The first-order chi connectivity index (χ1) is 9.11. The summed E-state index contributed by atoms with van der Waals surface area (Å²) in [6, 6.07) is 2.85. The second-order valence-electron chi connectivity index (χ2n) is 5.56. The number of carbonyl (C=O) groups is 2. The molecular formula is C14H16N2O3. The van der Waals surface area contributed by atoms with E-state index in [0.717, 1.165) is 12.5 Å². The van der Waals surface area contributed by atoms with Gasteiger partial charge in [-0.1, -0.05) is 0 Å². The number of rotatable bonds is 5. The van der Waals surface area contributed by atoms with Gasteiger partial charge in [0.25, 0.3) is 5.91 Å². The van der Waals surface area contributed by atoms with Gasteiger partial charge in [-0.3, -0.25) is 9.78 Å². The molecule has 1 amide bonds. The zero-order chi connectivity index (χ0) is 13.5. The predicted molar refractivity (Wildman–Crippen MR) is 67.9 cm³/mol. The molecule has 0 aliphatic heterocycles. The highest BCUT2D eigenvalue weighted by Gasteiger charge is 2.53. The minimum atomic E-state index is -1.04. The topological polar surface area (TPSA) is 79.3 Å². The standard InChI is InChI=1S/C14H16N2O3/c17-12(11-4-1-9(7-15-11)13(18)19)16-8-14(5-6-14)10-2-3-10/h1,4,7,10H,2-3,5-6,8H2,(H,16,17)(H,18,19). The number of carboxylic acids is 1. The number of nitrogens with zero attached hydrogens (tertiary/aromatic N) is 1. The molecule has 0 saturated heterocycles. The average Bonchev–Trinajstić information content (AvgIpc) is 3.28. The molecule has 0 bridgehead atoms. The fourth-order valence-corrected chi connectivity index (χ4v) is 2.59. The van der Waals surface area contributed by atoms with E-state index >= 15 is 0 Å². The third-order valence-electron chi connectivity index (χ3n) is 4.18. The zero-order valence-corrected chi connectivity index (χ0v) is 10.6. The van der Waals surface area contributed by atoms with Crippen molar-refractivity contribution in [2.45, 2.75) is 25.7 Å². The molecule has 2 fully saturated rings. The van der Waals surface area contributed by atoms with Gasteiger partial charge in [0.15, 0.2) is 0 Å². The van der Waals surface area contributed by atoms with E-state index in [-0.39, 0.29) is 17.2 Å². The summed E-state index contributed by atoms with van der Waals surface area (Å²) in [5.41, 5.74) is 0.723. The van der Waals surface area contributed by atoms with Crippen LogP contribution in [-0.2, 0) is 0 Å². The van der Waals surface area contributed by atoms with E-state index < -0.39 is 5.97 Å². The summed E-state index contributed by atoms with van der Waals surface area (Å²) in [6.07, 6.45) is 6.22. The van der Waals surface area contributed by atoms with Gasteiger partial charge in [-0.15, -0.1) is 0 Å². The minimum Gasteiger partial charge on any atom is -0.478 e. The number of amides is 1. The highest BCUT2D eigenvalue weighted by Crippen LogP contribution is 2.60. The monoisotopic (exact) mass is 260 g/mol. The van der Waals surface area contributed by atoms with E-state index in [9.17, 15) is 9.59 Å². The molecule has 2 aliphatic rings. The Morgan fingerprint density at radius 2 is 2.11 bits per heavy atom. The van der Waals surface area contributed by atoms with E-state index in [0.29, 0.717) is 5.41 Å². The van der Waals surface area contributed by atoms with Crippen molar-refractivity contribution in [2.75, 3.05) is 6.54 Å². The van der Waals surface area contributed by atoms with Crippen LogP contribution in [0.1, 0.15) is 46.5 Å². The van der Waals surface area contributed by atoms with Crippen molar-refractivity contribution in [1.29, 1.82) is 0 Å². The lowest BCUT2D eigenvalue weighted by Crippen LogP contribution is -2.31. The molecule has 2 N–H and O–H groups in total. The summed E-state index contributed by atoms with van der Waals surface area (Å²) in [7, 11) is 0. The van der Waals surface area contributed by atoms with Gasteiger partial charge in [0.1, 0.15) is 5.69 Å². The van der Waals surface area contributed by atoms with Crippen LogP contribution in [0.15, 0.2) is 18.3 Å². The van der Waals surface area contributed by atoms with Crippen LogP contribution >= 0.6 is 0 Å². The van der Waals surface area contributed by atoms with Crippen LogP contribution in [0, 0.1) is 11.3 Å². The molecule has 19 heavy (non-hydrogen) atoms. The number of aromatic nitrogens is 1. The quantitative estimate of drug-likeness (QED) is 0.844. The second kappa shape index (κ2) is 4.33. The fraction of sp³-hybridized carbons (Fsp3) is 0.500. The molecule has 5 nitrogen and oxygen atoms in total. The van der Waals surface area contributed by atoms with Crippen molar-refractivity contribution in [3.05, 3.63) is 29.6 Å². The Labute approximate surface area is 111 Å². The Morgan fingerprint density at radius 3 is 2.58 bits per heavy atom. The number of nitrogens with one attached hydrogen (secondary N) is 1. The lowest BCUT2D eigenvalue weighted by molar-refractivity contribution is 0.0695. The smallest absolute Gasteiger partial charge is 0.337 e. The third kappa shape index (κ3) is 2.45. The van der Waals surface area contributed by atoms with Crippen LogP contribution in [0.3, 0.4) is 0 Å². The number of aromatic carboxylic acids is 1. The molecule has 1 aromatic heterocycles. The highest BCUT2D eigenvalue weighted by molar-refractivity contribution is 5.93. The fourth-order valence-electron chi connectivity index (χ4n) is 2.59. The molecule has 2 aliphatic carbocycles. The summed E-state index contributed by atoms with van der Waals surface area (Å²) in [4.78, 5) is 26.5. The predicted octanol–water partition coefficient (Wildman–Crippen LogP) is 1.70. The first kappa shape index (κ1) is 12.1. The highest BCUT2D eigenvalue weighted by atomic mass is 16.4. The van der Waals surface area contributed by atoms with Gasteiger partial charge in [-0.05, 0) is 49.1 Å². The van der Waals surface area contributed by atoms with Crippen LogP contribution in [0.5, 0.6) is 0 Å². The van der Waals surface area contributed by atoms with Crippen molar-refractivity contribution < 1.29 is 14.7 Å². The van der Waals surface area contributed by atoms with E-state index in [1.807, 2.05) is 0 Å². The Balaban J connectivity index is 1.59. The van der Waals surface area contributed by atoms with Crippen molar-refractivity contribution in [3.63, 3.8) is 0 Å². The Morgan fingerprint density at radius 1 is 1.37 bits per heavy atom. The van der Waals surface area contributed by atoms with Crippen molar-refractivity contribution in [2.24, 2.45) is 11.3 Å². The average molecular weight is 260 g/mol. The van der Waals surface area contributed by atoms with Crippen molar-refractivity contribution in [1.82, 2.24) is 10.3 Å². The van der Waals surface area contributed by atoms with Gasteiger partial charge >= 0.3 is 5.97 Å². The summed E-state index contributed by atoms with van der Waals surface area (Å²) < 4.78 is 0. The zero-order valence-electron chi connectivity index (χ0n) is 10.6. The molecule has 1 aromatic rings. The first-order valence-electron chi connectivity index (χ1n) is 6.58. The molecule has 2 saturated carbocycles. The van der Waals surface area contributed by atoms with Crippen LogP contribution in [0.4, 0.5) is 0 Å². The van der Waals surface area contributed by atoms with Crippen LogP contribution in [0.2, 0.25) is 0 Å². The van der Waals surface area contributed by atoms with Crippen LogP contribution in [0.25, 0.3) is 0 Å². The number of hydrogen-bond acceptors (Lipinski definition) is 3. The van der Waals surface area contributed by atoms with Gasteiger partial charge in [0.2, 0.25) is 0 Å². The Bertz CT molecular complexity index is 516. The number of hydrogen-bond donors (Lipinski definition) is 2. The van der Waals surface area contributed by atoms with E-state index in [2.05, 4.69) is 10.3 Å². The summed E-state index contributed by atoms with van der Waals surface area (Å²) in [5.74, 6) is -0.455. The Hall–Kier alpha value is -1.91. The van der Waals surface area contributed by atoms with E-state index in [4.69, 9.17) is 5.11 Å². The molecule has 0 aromatic carbocycles. The van der Waals surface area contributed by atoms with Gasteiger partial charge in [-0.25, -0.2) is 4.79 Å². The molecular weight excluding hydrogens is 244 g/mol. The summed E-state index contributed by atoms with van der Waals surface area (Å²) >= 11 is 0. The van der Waals surface area contributed by atoms with E-state index in [1.54, 1.807) is 0 Å².